The molecule has 0 atom stereocenters. The number of hydrogen-bond acceptors (Lipinski definition) is 5. The average Bonchev–Trinajstić information content (AvgIpc) is 3.10. The van der Waals surface area contributed by atoms with Crippen LogP contribution >= 0.6 is 11.3 Å². The molecule has 4 rings (SSSR count). The molecule has 0 aromatic carbocycles. The minimum Gasteiger partial charge on any atom is -0.265 e. The predicted octanol–water partition coefficient (Wildman–Crippen LogP) is 2.28. The fraction of sp³-hybridized carbons (Fsp3) is 0.231. The van der Waals surface area contributed by atoms with Crippen LogP contribution in [0.4, 0.5) is 0 Å². The third-order valence-electron chi connectivity index (χ3n) is 3.28. The zero-order chi connectivity index (χ0) is 12.8. The summed E-state index contributed by atoms with van der Waals surface area (Å²) in [7, 11) is 0. The number of nitrogens with zero attached hydrogens (tertiary/aromatic N) is 4. The van der Waals surface area contributed by atoms with Gasteiger partial charge in [0, 0.05) is 4.88 Å². The summed E-state index contributed by atoms with van der Waals surface area (Å²) in [6, 6.07) is 3.91. The molecule has 0 saturated heterocycles. The Kier molecular flexibility index (Phi) is 2.25. The zero-order valence-corrected chi connectivity index (χ0v) is 10.9. The Labute approximate surface area is 113 Å². The molecule has 0 N–H and O–H groups in total. The van der Waals surface area contributed by atoms with Gasteiger partial charge in [-0.15, -0.1) is 11.3 Å². The van der Waals surface area contributed by atoms with E-state index in [-0.39, 0.29) is 5.91 Å². The highest BCUT2D eigenvalue weighted by Crippen LogP contribution is 2.27. The second-order valence-electron chi connectivity index (χ2n) is 4.53. The first-order chi connectivity index (χ1) is 9.31. The number of hydrogen-bond donors (Lipinski definition) is 0. The molecule has 2 aliphatic heterocycles. The van der Waals surface area contributed by atoms with E-state index in [1.54, 1.807) is 16.3 Å². The van der Waals surface area contributed by atoms with Crippen molar-refractivity contribution >= 4 is 40.7 Å². The quantitative estimate of drug-likeness (QED) is 0.735. The van der Waals surface area contributed by atoms with E-state index in [0.717, 1.165) is 35.6 Å². The van der Waals surface area contributed by atoms with Gasteiger partial charge in [-0.2, -0.15) is 15.1 Å². The van der Waals surface area contributed by atoms with Gasteiger partial charge < -0.3 is 0 Å². The van der Waals surface area contributed by atoms with E-state index in [1.165, 1.54) is 0 Å². The molecular weight excluding hydrogens is 260 g/mol. The summed E-state index contributed by atoms with van der Waals surface area (Å²) in [6.45, 7) is 0. The lowest BCUT2D eigenvalue weighted by Gasteiger charge is -2.17. The van der Waals surface area contributed by atoms with Crippen LogP contribution in [-0.2, 0) is 4.79 Å². The first-order valence-electron chi connectivity index (χ1n) is 6.15. The molecule has 0 bridgehead atoms. The van der Waals surface area contributed by atoms with Gasteiger partial charge >= 0.3 is 0 Å². The zero-order valence-electron chi connectivity index (χ0n) is 10.0. The maximum Gasteiger partial charge on any atom is 0.299 e. The second kappa shape index (κ2) is 3.96. The number of fused-ring (bicyclic) bond motifs is 2. The summed E-state index contributed by atoms with van der Waals surface area (Å²) >= 11 is 1.58. The normalized spacial score (nSPS) is 23.2. The maximum atomic E-state index is 12.0. The van der Waals surface area contributed by atoms with Crippen LogP contribution in [-0.4, -0.2) is 28.3 Å². The van der Waals surface area contributed by atoms with Crippen LogP contribution in [0.1, 0.15) is 24.1 Å². The van der Waals surface area contributed by atoms with E-state index in [2.05, 4.69) is 15.1 Å². The van der Waals surface area contributed by atoms with Gasteiger partial charge in [-0.05, 0) is 36.8 Å². The van der Waals surface area contributed by atoms with Gasteiger partial charge in [-0.1, -0.05) is 6.07 Å². The van der Waals surface area contributed by atoms with Gasteiger partial charge in [0.2, 0.25) is 0 Å². The van der Waals surface area contributed by atoms with Crippen molar-refractivity contribution in [3.63, 3.8) is 0 Å². The van der Waals surface area contributed by atoms with Crippen LogP contribution in [0.2, 0.25) is 0 Å². The lowest BCUT2D eigenvalue weighted by molar-refractivity contribution is -0.114. The van der Waals surface area contributed by atoms with Gasteiger partial charge in [0.15, 0.2) is 0 Å². The molecule has 1 aromatic rings. The minimum absolute atomic E-state index is 0.267. The molecule has 0 radical (unpaired) electrons. The van der Waals surface area contributed by atoms with Gasteiger partial charge in [-0.25, -0.2) is 4.99 Å². The van der Waals surface area contributed by atoms with E-state index in [0.29, 0.717) is 11.7 Å². The lowest BCUT2D eigenvalue weighted by atomic mass is 10.3. The number of hydrazone groups is 1. The highest BCUT2D eigenvalue weighted by Gasteiger charge is 2.35. The average molecular weight is 270 g/mol. The van der Waals surface area contributed by atoms with Crippen molar-refractivity contribution in [1.82, 2.24) is 5.01 Å². The summed E-state index contributed by atoms with van der Waals surface area (Å²) in [5, 5.41) is 8.07. The van der Waals surface area contributed by atoms with E-state index in [1.807, 2.05) is 23.6 Å². The van der Waals surface area contributed by atoms with Crippen molar-refractivity contribution in [3.8, 4) is 0 Å². The van der Waals surface area contributed by atoms with Crippen LogP contribution in [0.25, 0.3) is 6.08 Å². The Morgan fingerprint density at radius 3 is 3.00 bits per heavy atom. The van der Waals surface area contributed by atoms with E-state index < -0.39 is 0 Å². The highest BCUT2D eigenvalue weighted by atomic mass is 32.1. The monoisotopic (exact) mass is 270 g/mol. The molecule has 19 heavy (non-hydrogen) atoms. The van der Waals surface area contributed by atoms with Crippen LogP contribution in [0, 0.1) is 0 Å². The smallest absolute Gasteiger partial charge is 0.265 e. The molecule has 1 saturated carbocycles. The Hall–Kier alpha value is -2.08. The van der Waals surface area contributed by atoms with E-state index >= 15 is 0 Å². The van der Waals surface area contributed by atoms with Crippen molar-refractivity contribution in [3.05, 3.63) is 28.1 Å². The Balaban J connectivity index is 1.77. The summed E-state index contributed by atoms with van der Waals surface area (Å²) in [4.78, 5) is 21.4. The number of rotatable bonds is 1. The summed E-state index contributed by atoms with van der Waals surface area (Å²) in [6.07, 6.45) is 4.77. The summed E-state index contributed by atoms with van der Waals surface area (Å²) in [5.74, 6) is 0.144. The molecule has 3 aliphatic rings. The molecule has 1 aromatic heterocycles. The fourth-order valence-corrected chi connectivity index (χ4v) is 3.03. The standard InChI is InChI=1S/C13H10N4OS/c18-12-11(7-8-3-2-6-19-8)17-13(15-12)14-9-4-1-5-10(9)16-17/h2-3,6-7H,1,4-5H2. The lowest BCUT2D eigenvalue weighted by Crippen LogP contribution is -2.28. The fourth-order valence-electron chi connectivity index (χ4n) is 2.38. The molecule has 3 heterocycles. The Bertz CT molecular complexity index is 682. The molecule has 5 nitrogen and oxygen atoms in total. The Morgan fingerprint density at radius 2 is 2.16 bits per heavy atom. The number of amides is 1. The first kappa shape index (κ1) is 10.8. The maximum absolute atomic E-state index is 12.0. The number of thiophene rings is 1. The van der Waals surface area contributed by atoms with Crippen molar-refractivity contribution in [2.75, 3.05) is 0 Å². The molecule has 94 valence electrons. The topological polar surface area (TPSA) is 57.4 Å². The van der Waals surface area contributed by atoms with Gasteiger partial charge in [0.1, 0.15) is 5.70 Å². The van der Waals surface area contributed by atoms with Crippen molar-refractivity contribution < 1.29 is 4.79 Å². The van der Waals surface area contributed by atoms with Crippen LogP contribution in [0.5, 0.6) is 0 Å². The molecular formula is C13H10N4OS. The van der Waals surface area contributed by atoms with Crippen molar-refractivity contribution in [1.29, 1.82) is 0 Å². The highest BCUT2D eigenvalue weighted by molar-refractivity contribution is 7.10. The molecule has 0 unspecified atom stereocenters. The number of carbonyl (C=O) groups is 1. The summed E-state index contributed by atoms with van der Waals surface area (Å²) in [5.41, 5.74) is 2.46. The summed E-state index contributed by atoms with van der Waals surface area (Å²) < 4.78 is 0. The largest absolute Gasteiger partial charge is 0.299 e. The van der Waals surface area contributed by atoms with Crippen molar-refractivity contribution in [2.45, 2.75) is 19.3 Å². The predicted molar refractivity (Wildman–Crippen MR) is 75.3 cm³/mol. The molecule has 1 aliphatic carbocycles. The van der Waals surface area contributed by atoms with Crippen LogP contribution in [0.15, 0.2) is 38.3 Å². The van der Waals surface area contributed by atoms with Gasteiger partial charge in [-0.3, -0.25) is 4.79 Å². The van der Waals surface area contributed by atoms with E-state index in [4.69, 9.17) is 0 Å². The third-order valence-corrected chi connectivity index (χ3v) is 4.10. The Morgan fingerprint density at radius 1 is 1.26 bits per heavy atom. The van der Waals surface area contributed by atoms with Crippen molar-refractivity contribution in [2.24, 2.45) is 15.1 Å². The van der Waals surface area contributed by atoms with Gasteiger partial charge in [0.05, 0.1) is 11.4 Å². The second-order valence-corrected chi connectivity index (χ2v) is 5.51. The molecule has 1 fully saturated rings. The van der Waals surface area contributed by atoms with Crippen LogP contribution < -0.4 is 0 Å². The SMILES string of the molecule is O=C1N=C2N=C3CCCC3=NN2C1=Cc1cccs1. The number of guanidine groups is 1. The number of carbonyl (C=O) groups excluding carboxylic acids is 1. The number of aliphatic imine (C=N–C) groups is 2. The van der Waals surface area contributed by atoms with Gasteiger partial charge in [0.25, 0.3) is 11.9 Å². The van der Waals surface area contributed by atoms with Crippen LogP contribution in [0.3, 0.4) is 0 Å². The van der Waals surface area contributed by atoms with E-state index in [9.17, 15) is 4.79 Å². The minimum atomic E-state index is -0.267. The molecule has 6 heteroatoms. The molecule has 1 amide bonds. The molecule has 0 spiro atoms. The third kappa shape index (κ3) is 1.67. The first-order valence-corrected chi connectivity index (χ1v) is 7.03.